The molecule has 0 atom stereocenters. The zero-order chi connectivity index (χ0) is 15.4. The summed E-state index contributed by atoms with van der Waals surface area (Å²) < 4.78 is 0. The number of nitrogens with zero attached hydrogens (tertiary/aromatic N) is 1. The monoisotopic (exact) mass is 283 g/mol. The highest BCUT2D eigenvalue weighted by molar-refractivity contribution is 6.07. The van der Waals surface area contributed by atoms with Crippen LogP contribution in [-0.2, 0) is 0 Å². The van der Waals surface area contributed by atoms with E-state index in [1.54, 1.807) is 6.07 Å². The van der Waals surface area contributed by atoms with Crippen LogP contribution in [0.1, 0.15) is 38.1 Å². The minimum absolute atomic E-state index is 0.0797. The maximum Gasteiger partial charge on any atom is 0.252 e. The van der Waals surface area contributed by atoms with Crippen LogP contribution in [0.5, 0.6) is 0 Å². The highest BCUT2D eigenvalue weighted by Crippen LogP contribution is 2.62. The molecule has 0 bridgehead atoms. The minimum atomic E-state index is -0.0797. The number of amides is 1. The number of fused-ring (bicyclic) bond motifs is 1. The van der Waals surface area contributed by atoms with Crippen molar-refractivity contribution >= 4 is 22.6 Å². The Morgan fingerprint density at radius 1 is 1.19 bits per heavy atom. The summed E-state index contributed by atoms with van der Waals surface area (Å²) in [5.74, 6) is 0.289. The van der Waals surface area contributed by atoms with Crippen LogP contribution in [0.4, 0.5) is 5.82 Å². The third-order valence-electron chi connectivity index (χ3n) is 5.28. The van der Waals surface area contributed by atoms with Gasteiger partial charge in [-0.2, -0.15) is 0 Å². The molecule has 0 unspecified atom stereocenters. The zero-order valence-corrected chi connectivity index (χ0v) is 12.9. The quantitative estimate of drug-likeness (QED) is 0.890. The average Bonchev–Trinajstić information content (AvgIpc) is 2.80. The highest BCUT2D eigenvalue weighted by Gasteiger charge is 2.65. The normalized spacial score (nSPS) is 19.4. The number of rotatable bonds is 2. The molecule has 2 aromatic rings. The fraction of sp³-hybridized carbons (Fsp3) is 0.412. The number of hydrogen-bond donors (Lipinski definition) is 2. The summed E-state index contributed by atoms with van der Waals surface area (Å²) in [6, 6.07) is 9.39. The maximum atomic E-state index is 12.6. The SMILES string of the molecule is CC1(C)C(NC(=O)c2cc(N)nc3ccccc23)C1(C)C. The molecule has 0 spiro atoms. The number of pyridine rings is 1. The summed E-state index contributed by atoms with van der Waals surface area (Å²) in [5, 5.41) is 3.98. The number of carbonyl (C=O) groups excluding carboxylic acids is 1. The Morgan fingerprint density at radius 2 is 1.81 bits per heavy atom. The van der Waals surface area contributed by atoms with Crippen LogP contribution >= 0.6 is 0 Å². The van der Waals surface area contributed by atoms with E-state index >= 15 is 0 Å². The van der Waals surface area contributed by atoms with Crippen molar-refractivity contribution in [1.82, 2.24) is 10.3 Å². The van der Waals surface area contributed by atoms with Crippen LogP contribution in [0.15, 0.2) is 30.3 Å². The molecule has 1 fully saturated rings. The van der Waals surface area contributed by atoms with Gasteiger partial charge in [-0.25, -0.2) is 4.98 Å². The zero-order valence-electron chi connectivity index (χ0n) is 12.9. The van der Waals surface area contributed by atoms with Gasteiger partial charge in [0.05, 0.1) is 11.1 Å². The first kappa shape index (κ1) is 13.9. The number of anilines is 1. The van der Waals surface area contributed by atoms with Gasteiger partial charge in [0.1, 0.15) is 5.82 Å². The van der Waals surface area contributed by atoms with Crippen molar-refractivity contribution in [1.29, 1.82) is 0 Å². The van der Waals surface area contributed by atoms with Crippen molar-refractivity contribution in [3.63, 3.8) is 0 Å². The van der Waals surface area contributed by atoms with Gasteiger partial charge in [-0.15, -0.1) is 0 Å². The van der Waals surface area contributed by atoms with Crippen molar-refractivity contribution in [2.75, 3.05) is 5.73 Å². The molecule has 4 nitrogen and oxygen atoms in total. The molecule has 21 heavy (non-hydrogen) atoms. The molecular formula is C17H21N3O. The van der Waals surface area contributed by atoms with E-state index in [0.717, 1.165) is 10.9 Å². The lowest BCUT2D eigenvalue weighted by Gasteiger charge is -2.10. The number of nitrogens with two attached hydrogens (primary N) is 1. The van der Waals surface area contributed by atoms with Gasteiger partial charge in [0.2, 0.25) is 0 Å². The van der Waals surface area contributed by atoms with E-state index in [-0.39, 0.29) is 22.8 Å². The molecule has 1 saturated carbocycles. The number of nitrogens with one attached hydrogen (secondary N) is 1. The first-order valence-electron chi connectivity index (χ1n) is 7.21. The largest absolute Gasteiger partial charge is 0.384 e. The van der Waals surface area contributed by atoms with Crippen LogP contribution in [0.3, 0.4) is 0 Å². The summed E-state index contributed by atoms with van der Waals surface area (Å²) in [5.41, 5.74) is 7.38. The molecule has 1 aromatic carbocycles. The standard InChI is InChI=1S/C17H21N3O/c1-16(2)15(17(16,3)4)20-14(21)11-9-13(18)19-12-8-6-5-7-10(11)12/h5-9,15H,1-4H3,(H2,18,19)(H,20,21). The Kier molecular flexibility index (Phi) is 2.77. The Balaban J connectivity index is 1.96. The molecule has 0 aliphatic heterocycles. The van der Waals surface area contributed by atoms with Gasteiger partial charge >= 0.3 is 0 Å². The lowest BCUT2D eigenvalue weighted by molar-refractivity contribution is 0.0945. The van der Waals surface area contributed by atoms with Crippen LogP contribution < -0.4 is 11.1 Å². The van der Waals surface area contributed by atoms with Gasteiger partial charge in [-0.3, -0.25) is 4.79 Å². The summed E-state index contributed by atoms with van der Waals surface area (Å²) >= 11 is 0. The first-order valence-corrected chi connectivity index (χ1v) is 7.21. The number of benzene rings is 1. The van der Waals surface area contributed by atoms with Crippen molar-refractivity contribution in [3.8, 4) is 0 Å². The number of hydrogen-bond acceptors (Lipinski definition) is 3. The third-order valence-corrected chi connectivity index (χ3v) is 5.28. The van der Waals surface area contributed by atoms with E-state index in [1.807, 2.05) is 24.3 Å². The molecule has 1 amide bonds. The molecule has 4 heteroatoms. The fourth-order valence-electron chi connectivity index (χ4n) is 3.15. The van der Waals surface area contributed by atoms with E-state index in [9.17, 15) is 4.79 Å². The number of aromatic nitrogens is 1. The second-order valence-electron chi connectivity index (χ2n) is 6.96. The number of para-hydroxylation sites is 1. The molecule has 1 aliphatic carbocycles. The fourth-order valence-corrected chi connectivity index (χ4v) is 3.15. The molecular weight excluding hydrogens is 262 g/mol. The molecule has 1 aromatic heterocycles. The van der Waals surface area contributed by atoms with Crippen molar-refractivity contribution in [2.45, 2.75) is 33.7 Å². The topological polar surface area (TPSA) is 68.0 Å². The van der Waals surface area contributed by atoms with Crippen molar-refractivity contribution in [3.05, 3.63) is 35.9 Å². The lowest BCUT2D eigenvalue weighted by atomic mass is 10.0. The highest BCUT2D eigenvalue weighted by atomic mass is 16.1. The molecule has 1 heterocycles. The van der Waals surface area contributed by atoms with Crippen LogP contribution in [0, 0.1) is 10.8 Å². The van der Waals surface area contributed by atoms with Crippen molar-refractivity contribution in [2.24, 2.45) is 10.8 Å². The Bertz CT molecular complexity index is 720. The van der Waals surface area contributed by atoms with Gasteiger partial charge in [0.15, 0.2) is 0 Å². The summed E-state index contributed by atoms with van der Waals surface area (Å²) in [6.07, 6.45) is 0. The predicted molar refractivity (Wildman–Crippen MR) is 85.0 cm³/mol. The lowest BCUT2D eigenvalue weighted by Crippen LogP contribution is -2.30. The molecule has 0 radical (unpaired) electrons. The number of nitrogen functional groups attached to an aromatic ring is 1. The second-order valence-corrected chi connectivity index (χ2v) is 6.96. The molecule has 0 saturated heterocycles. The Hall–Kier alpha value is -2.10. The van der Waals surface area contributed by atoms with Gasteiger partial charge in [0, 0.05) is 11.4 Å². The smallest absolute Gasteiger partial charge is 0.252 e. The molecule has 1 aliphatic rings. The Labute approximate surface area is 124 Å². The molecule has 3 rings (SSSR count). The van der Waals surface area contributed by atoms with Crippen LogP contribution in [-0.4, -0.2) is 16.9 Å². The van der Waals surface area contributed by atoms with Crippen molar-refractivity contribution < 1.29 is 4.79 Å². The van der Waals surface area contributed by atoms with E-state index < -0.39 is 0 Å². The van der Waals surface area contributed by atoms with E-state index in [1.165, 1.54) is 0 Å². The van der Waals surface area contributed by atoms with E-state index in [2.05, 4.69) is 38.0 Å². The average molecular weight is 283 g/mol. The van der Waals surface area contributed by atoms with E-state index in [4.69, 9.17) is 5.73 Å². The second kappa shape index (κ2) is 4.20. The van der Waals surface area contributed by atoms with Gasteiger partial charge in [-0.1, -0.05) is 45.9 Å². The Morgan fingerprint density at radius 3 is 2.43 bits per heavy atom. The molecule has 3 N–H and O–H groups in total. The van der Waals surface area contributed by atoms with E-state index in [0.29, 0.717) is 11.4 Å². The van der Waals surface area contributed by atoms with Crippen LogP contribution in [0.25, 0.3) is 10.9 Å². The van der Waals surface area contributed by atoms with Gasteiger partial charge in [0.25, 0.3) is 5.91 Å². The summed E-state index contributed by atoms with van der Waals surface area (Å²) in [6.45, 7) is 8.71. The van der Waals surface area contributed by atoms with Gasteiger partial charge < -0.3 is 11.1 Å². The first-order chi connectivity index (χ1) is 9.75. The molecule has 110 valence electrons. The third kappa shape index (κ3) is 1.97. The minimum Gasteiger partial charge on any atom is -0.384 e. The number of carbonyl (C=O) groups is 1. The summed E-state index contributed by atoms with van der Waals surface area (Å²) in [7, 11) is 0. The summed E-state index contributed by atoms with van der Waals surface area (Å²) in [4.78, 5) is 16.9. The maximum absolute atomic E-state index is 12.6. The van der Waals surface area contributed by atoms with Crippen LogP contribution in [0.2, 0.25) is 0 Å². The predicted octanol–water partition coefficient (Wildman–Crippen LogP) is 2.98. The van der Waals surface area contributed by atoms with Gasteiger partial charge in [-0.05, 0) is 23.0 Å².